The Morgan fingerprint density at radius 2 is 1.82 bits per heavy atom. The Morgan fingerprint density at radius 3 is 2.68 bits per heavy atom. The number of allylic oxidation sites excluding steroid dienone is 2. The van der Waals surface area contributed by atoms with Gasteiger partial charge in [-0.25, -0.2) is 0 Å². The normalized spacial score (nSPS) is 25.2. The molecule has 0 spiro atoms. The van der Waals surface area contributed by atoms with Crippen LogP contribution in [-0.4, -0.2) is 6.61 Å². The standard InChI is InChI=1S/C20H21NO/c1-2-22-19-13-6-4-9-17(19)20-16-11-7-10-14(16)15-8-3-5-12-18(15)21-20/h3-10,12-14,16,20-21H,2,11H2,1H3. The maximum Gasteiger partial charge on any atom is 0.124 e. The van der Waals surface area contributed by atoms with E-state index in [1.54, 1.807) is 0 Å². The van der Waals surface area contributed by atoms with Crippen LogP contribution in [0.15, 0.2) is 60.7 Å². The van der Waals surface area contributed by atoms with Crippen LogP contribution in [0.25, 0.3) is 0 Å². The Hall–Kier alpha value is -2.22. The Labute approximate surface area is 131 Å². The zero-order chi connectivity index (χ0) is 14.9. The summed E-state index contributed by atoms with van der Waals surface area (Å²) in [6.07, 6.45) is 5.83. The van der Waals surface area contributed by atoms with Gasteiger partial charge in [0, 0.05) is 17.2 Å². The molecule has 2 aliphatic rings. The van der Waals surface area contributed by atoms with Gasteiger partial charge in [0.2, 0.25) is 0 Å². The minimum Gasteiger partial charge on any atom is -0.494 e. The molecule has 0 amide bonds. The number of fused-ring (bicyclic) bond motifs is 3. The van der Waals surface area contributed by atoms with Crippen LogP contribution < -0.4 is 10.1 Å². The largest absolute Gasteiger partial charge is 0.494 e. The van der Waals surface area contributed by atoms with E-state index in [1.165, 1.54) is 16.8 Å². The van der Waals surface area contributed by atoms with E-state index in [0.29, 0.717) is 24.5 Å². The average Bonchev–Trinajstić information content (AvgIpc) is 3.05. The highest BCUT2D eigenvalue weighted by atomic mass is 16.5. The molecule has 3 unspecified atom stereocenters. The smallest absolute Gasteiger partial charge is 0.124 e. The fourth-order valence-electron chi connectivity index (χ4n) is 3.88. The van der Waals surface area contributed by atoms with Crippen molar-refractivity contribution in [1.82, 2.24) is 0 Å². The first kappa shape index (κ1) is 13.4. The van der Waals surface area contributed by atoms with Crippen LogP contribution in [-0.2, 0) is 0 Å². The van der Waals surface area contributed by atoms with Crippen molar-refractivity contribution < 1.29 is 4.74 Å². The van der Waals surface area contributed by atoms with Gasteiger partial charge in [-0.05, 0) is 37.0 Å². The second-order valence-electron chi connectivity index (χ2n) is 6.03. The van der Waals surface area contributed by atoms with Gasteiger partial charge in [-0.1, -0.05) is 48.6 Å². The molecule has 2 heteroatoms. The molecular weight excluding hydrogens is 270 g/mol. The zero-order valence-corrected chi connectivity index (χ0v) is 12.8. The van der Waals surface area contributed by atoms with E-state index in [-0.39, 0.29) is 0 Å². The molecule has 0 saturated heterocycles. The van der Waals surface area contributed by atoms with Crippen LogP contribution in [0.1, 0.15) is 36.4 Å². The molecule has 2 nitrogen and oxygen atoms in total. The van der Waals surface area contributed by atoms with Crippen molar-refractivity contribution in [2.24, 2.45) is 5.92 Å². The van der Waals surface area contributed by atoms with Gasteiger partial charge in [0.1, 0.15) is 5.75 Å². The van der Waals surface area contributed by atoms with Crippen molar-refractivity contribution in [3.63, 3.8) is 0 Å². The van der Waals surface area contributed by atoms with E-state index in [1.807, 2.05) is 6.92 Å². The Kier molecular flexibility index (Phi) is 3.38. The maximum absolute atomic E-state index is 5.87. The van der Waals surface area contributed by atoms with Crippen molar-refractivity contribution in [1.29, 1.82) is 0 Å². The molecule has 1 N–H and O–H groups in total. The summed E-state index contributed by atoms with van der Waals surface area (Å²) in [6, 6.07) is 17.4. The van der Waals surface area contributed by atoms with Gasteiger partial charge < -0.3 is 10.1 Å². The lowest BCUT2D eigenvalue weighted by Gasteiger charge is -2.38. The van der Waals surface area contributed by atoms with E-state index in [2.05, 4.69) is 66.0 Å². The third-order valence-corrected chi connectivity index (χ3v) is 4.83. The molecule has 2 aromatic rings. The van der Waals surface area contributed by atoms with Crippen LogP contribution >= 0.6 is 0 Å². The SMILES string of the molecule is CCOc1ccccc1C1Nc2ccccc2C2C=CCC21. The van der Waals surface area contributed by atoms with Crippen LogP contribution in [0.5, 0.6) is 5.75 Å². The molecule has 2 aromatic carbocycles. The number of anilines is 1. The molecule has 0 aromatic heterocycles. The summed E-state index contributed by atoms with van der Waals surface area (Å²) in [5.41, 5.74) is 3.95. The van der Waals surface area contributed by atoms with Crippen molar-refractivity contribution in [3.05, 3.63) is 71.8 Å². The third kappa shape index (κ3) is 2.10. The van der Waals surface area contributed by atoms with Gasteiger partial charge in [-0.2, -0.15) is 0 Å². The predicted octanol–water partition coefficient (Wildman–Crippen LogP) is 4.91. The summed E-state index contributed by atoms with van der Waals surface area (Å²) in [5.74, 6) is 2.08. The first-order chi connectivity index (χ1) is 10.9. The molecular formula is C20H21NO. The van der Waals surface area contributed by atoms with Crippen molar-refractivity contribution >= 4 is 5.69 Å². The van der Waals surface area contributed by atoms with E-state index in [0.717, 1.165) is 12.2 Å². The second-order valence-corrected chi connectivity index (χ2v) is 6.03. The lowest BCUT2D eigenvalue weighted by Crippen LogP contribution is -2.29. The van der Waals surface area contributed by atoms with E-state index in [4.69, 9.17) is 4.74 Å². The quantitative estimate of drug-likeness (QED) is 0.811. The van der Waals surface area contributed by atoms with Crippen LogP contribution in [0, 0.1) is 5.92 Å². The molecule has 3 atom stereocenters. The first-order valence-electron chi connectivity index (χ1n) is 8.12. The lowest BCUT2D eigenvalue weighted by atomic mass is 9.77. The molecule has 0 bridgehead atoms. The number of benzene rings is 2. The highest BCUT2D eigenvalue weighted by Gasteiger charge is 2.38. The van der Waals surface area contributed by atoms with Gasteiger partial charge in [-0.15, -0.1) is 0 Å². The molecule has 1 aliphatic carbocycles. The second kappa shape index (κ2) is 5.53. The van der Waals surface area contributed by atoms with Gasteiger partial charge in [0.15, 0.2) is 0 Å². The molecule has 0 saturated carbocycles. The van der Waals surface area contributed by atoms with Crippen molar-refractivity contribution in [2.45, 2.75) is 25.3 Å². The summed E-state index contributed by atoms with van der Waals surface area (Å²) >= 11 is 0. The topological polar surface area (TPSA) is 21.3 Å². The first-order valence-corrected chi connectivity index (χ1v) is 8.12. The maximum atomic E-state index is 5.87. The number of hydrogen-bond acceptors (Lipinski definition) is 2. The monoisotopic (exact) mass is 291 g/mol. The number of para-hydroxylation sites is 2. The Bertz CT molecular complexity index is 706. The van der Waals surface area contributed by atoms with Crippen LogP contribution in [0.4, 0.5) is 5.69 Å². The van der Waals surface area contributed by atoms with Gasteiger partial charge >= 0.3 is 0 Å². The summed E-state index contributed by atoms with van der Waals surface area (Å²) in [6.45, 7) is 2.74. The summed E-state index contributed by atoms with van der Waals surface area (Å²) < 4.78 is 5.87. The molecule has 112 valence electrons. The van der Waals surface area contributed by atoms with Crippen LogP contribution in [0.2, 0.25) is 0 Å². The minimum atomic E-state index is 0.303. The molecule has 22 heavy (non-hydrogen) atoms. The number of nitrogens with one attached hydrogen (secondary N) is 1. The van der Waals surface area contributed by atoms with Gasteiger partial charge in [0.25, 0.3) is 0 Å². The van der Waals surface area contributed by atoms with Crippen LogP contribution in [0.3, 0.4) is 0 Å². The summed E-state index contributed by atoms with van der Waals surface area (Å²) in [7, 11) is 0. The van der Waals surface area contributed by atoms with Gasteiger partial charge in [-0.3, -0.25) is 0 Å². The molecule has 0 radical (unpaired) electrons. The van der Waals surface area contributed by atoms with E-state index in [9.17, 15) is 0 Å². The molecule has 1 aliphatic heterocycles. The summed E-state index contributed by atoms with van der Waals surface area (Å²) in [5, 5.41) is 3.76. The molecule has 1 heterocycles. The highest BCUT2D eigenvalue weighted by molar-refractivity contribution is 5.60. The Balaban J connectivity index is 1.78. The fourth-order valence-corrected chi connectivity index (χ4v) is 3.88. The average molecular weight is 291 g/mol. The molecule has 0 fully saturated rings. The highest BCUT2D eigenvalue weighted by Crippen LogP contribution is 2.50. The van der Waals surface area contributed by atoms with Crippen molar-refractivity contribution in [2.75, 3.05) is 11.9 Å². The fraction of sp³-hybridized carbons (Fsp3) is 0.300. The lowest BCUT2D eigenvalue weighted by molar-refractivity contribution is 0.326. The summed E-state index contributed by atoms with van der Waals surface area (Å²) in [4.78, 5) is 0. The van der Waals surface area contributed by atoms with Crippen molar-refractivity contribution in [3.8, 4) is 5.75 Å². The van der Waals surface area contributed by atoms with Gasteiger partial charge in [0.05, 0.1) is 12.6 Å². The minimum absolute atomic E-state index is 0.303. The van der Waals surface area contributed by atoms with E-state index >= 15 is 0 Å². The third-order valence-electron chi connectivity index (χ3n) is 4.83. The number of ether oxygens (including phenoxy) is 1. The van der Waals surface area contributed by atoms with E-state index < -0.39 is 0 Å². The molecule has 4 rings (SSSR count). The number of hydrogen-bond donors (Lipinski definition) is 1. The Morgan fingerprint density at radius 1 is 1.05 bits per heavy atom. The number of rotatable bonds is 3. The predicted molar refractivity (Wildman–Crippen MR) is 90.4 cm³/mol. The zero-order valence-electron chi connectivity index (χ0n) is 12.8.